The molecule has 0 N–H and O–H groups in total. The van der Waals surface area contributed by atoms with Gasteiger partial charge in [-0.15, -0.1) is 0 Å². The fraction of sp³-hybridized carbons (Fsp3) is 0.0682. The first-order valence-corrected chi connectivity index (χ1v) is 16.3. The molecule has 0 unspecified atom stereocenters. The lowest BCUT2D eigenvalue weighted by atomic mass is 9.92. The van der Waals surface area contributed by atoms with Crippen molar-refractivity contribution in [3.05, 3.63) is 161 Å². The predicted molar refractivity (Wildman–Crippen MR) is 200 cm³/mol. The highest BCUT2D eigenvalue weighted by atomic mass is 16.3. The third-order valence-electron chi connectivity index (χ3n) is 9.54. The van der Waals surface area contributed by atoms with Crippen molar-refractivity contribution < 1.29 is 8.83 Å². The van der Waals surface area contributed by atoms with Gasteiger partial charge in [0.2, 0.25) is 0 Å². The number of fused-ring (bicyclic) bond motifs is 6. The van der Waals surface area contributed by atoms with E-state index >= 15 is 0 Å². The summed E-state index contributed by atoms with van der Waals surface area (Å²) < 4.78 is 12.7. The number of anilines is 1. The summed E-state index contributed by atoms with van der Waals surface area (Å²) in [6.07, 6.45) is 6.08. The van der Waals surface area contributed by atoms with Crippen molar-refractivity contribution in [2.24, 2.45) is 4.99 Å². The Hall–Kier alpha value is -6.13. The van der Waals surface area contributed by atoms with Crippen molar-refractivity contribution in [3.8, 4) is 11.1 Å². The summed E-state index contributed by atoms with van der Waals surface area (Å²) in [6.45, 7) is 4.18. The summed E-state index contributed by atoms with van der Waals surface area (Å²) in [5, 5.41) is 6.63. The quantitative estimate of drug-likeness (QED) is 0.197. The Bertz CT molecular complexity index is 2780. The standard InChI is InChI=1S/C44H32N2O2/c1-4-5-17-41-42(36-26-29(21-24-40(36)48-41)28-20-23-39-35(25-28)32-14-9-11-18-38(32)47-39)44-45-43(34-15-8-10-16-37(34)46(44)3)33-22-19-27(2)30-12-6-7-13-31(30)33/h4-26H,1-3H3/b5-4-,41-17+,44-42-. The number of allylic oxidation sites excluding steroid dienone is 2. The van der Waals surface area contributed by atoms with Gasteiger partial charge in [-0.25, -0.2) is 4.99 Å². The maximum Gasteiger partial charge on any atom is 0.145 e. The Kier molecular flexibility index (Phi) is 6.44. The Morgan fingerprint density at radius 1 is 0.604 bits per heavy atom. The Balaban J connectivity index is 1.35. The summed E-state index contributed by atoms with van der Waals surface area (Å²) in [7, 11) is 2.10. The van der Waals surface area contributed by atoms with E-state index in [1.807, 2.05) is 37.3 Å². The lowest BCUT2D eigenvalue weighted by Gasteiger charge is -2.29. The molecule has 0 aliphatic carbocycles. The lowest BCUT2D eigenvalue weighted by molar-refractivity contribution is 0.575. The Labute approximate surface area is 277 Å². The third kappa shape index (κ3) is 4.34. The molecule has 0 amide bonds. The molecule has 9 rings (SSSR count). The molecule has 0 saturated carbocycles. The van der Waals surface area contributed by atoms with Gasteiger partial charge in [-0.3, -0.25) is 0 Å². The molecule has 2 aromatic heterocycles. The molecule has 3 heterocycles. The van der Waals surface area contributed by atoms with Gasteiger partial charge in [-0.05, 0) is 83.8 Å². The van der Waals surface area contributed by atoms with Crippen LogP contribution in [0.4, 0.5) is 5.69 Å². The van der Waals surface area contributed by atoms with E-state index in [0.717, 1.165) is 83.0 Å². The van der Waals surface area contributed by atoms with Crippen LogP contribution in [0.1, 0.15) is 23.6 Å². The minimum atomic E-state index is 0.773. The Morgan fingerprint density at radius 3 is 2.08 bits per heavy atom. The molecule has 4 nitrogen and oxygen atoms in total. The van der Waals surface area contributed by atoms with Gasteiger partial charge in [0.25, 0.3) is 0 Å². The molecule has 0 atom stereocenters. The molecular formula is C44H32N2O2. The summed E-state index contributed by atoms with van der Waals surface area (Å²) in [4.78, 5) is 7.73. The van der Waals surface area contributed by atoms with Crippen LogP contribution in [0.15, 0.2) is 147 Å². The van der Waals surface area contributed by atoms with E-state index in [2.05, 4.69) is 128 Å². The van der Waals surface area contributed by atoms with E-state index in [1.54, 1.807) is 0 Å². The summed E-state index contributed by atoms with van der Waals surface area (Å²) >= 11 is 0. The topological polar surface area (TPSA) is 41.9 Å². The van der Waals surface area contributed by atoms with Crippen LogP contribution >= 0.6 is 0 Å². The molecule has 0 spiro atoms. The molecular weight excluding hydrogens is 588 g/mol. The van der Waals surface area contributed by atoms with E-state index in [1.165, 1.54) is 16.3 Å². The average Bonchev–Trinajstić information content (AvgIpc) is 3.69. The van der Waals surface area contributed by atoms with E-state index < -0.39 is 0 Å². The first-order chi connectivity index (χ1) is 23.6. The molecule has 6 aromatic carbocycles. The Morgan fingerprint density at radius 2 is 1.27 bits per heavy atom. The van der Waals surface area contributed by atoms with E-state index in [0.29, 0.717) is 0 Å². The fourth-order valence-corrected chi connectivity index (χ4v) is 7.14. The van der Waals surface area contributed by atoms with Crippen molar-refractivity contribution >= 4 is 67.0 Å². The first kappa shape index (κ1) is 28.1. The van der Waals surface area contributed by atoms with Crippen LogP contribution in [-0.4, -0.2) is 12.8 Å². The second-order valence-corrected chi connectivity index (χ2v) is 12.4. The second kappa shape index (κ2) is 11.0. The molecule has 0 bridgehead atoms. The van der Waals surface area contributed by atoms with Crippen molar-refractivity contribution in [1.29, 1.82) is 0 Å². The number of nitrogens with zero attached hydrogens (tertiary/aromatic N) is 2. The van der Waals surface area contributed by atoms with Crippen molar-refractivity contribution in [3.63, 3.8) is 0 Å². The van der Waals surface area contributed by atoms with Gasteiger partial charge < -0.3 is 13.7 Å². The predicted octanol–water partition coefficient (Wildman–Crippen LogP) is 9.87. The molecule has 4 heteroatoms. The SMILES string of the molecule is C\C=C/C=c1/oc2ccc(-c3ccc4oc5ccccc5c4c3)cc2/c1=C1\N=C(c2ccc(C)c3ccccc23)c2ccccc2N1C. The van der Waals surface area contributed by atoms with E-state index in [-0.39, 0.29) is 0 Å². The van der Waals surface area contributed by atoms with Gasteiger partial charge >= 0.3 is 0 Å². The largest absolute Gasteiger partial charge is 0.456 e. The molecule has 0 fully saturated rings. The number of aliphatic imine (C=N–C) groups is 1. The molecule has 230 valence electrons. The average molecular weight is 621 g/mol. The van der Waals surface area contributed by atoms with Gasteiger partial charge in [0.05, 0.1) is 16.6 Å². The van der Waals surface area contributed by atoms with Gasteiger partial charge in [-0.2, -0.15) is 0 Å². The number of aryl methyl sites for hydroxylation is 1. The highest BCUT2D eigenvalue weighted by Crippen LogP contribution is 2.36. The number of benzene rings is 6. The van der Waals surface area contributed by atoms with Gasteiger partial charge in [0, 0.05) is 34.3 Å². The minimum absolute atomic E-state index is 0.773. The molecule has 1 aliphatic heterocycles. The number of rotatable bonds is 3. The number of para-hydroxylation sites is 2. The zero-order valence-electron chi connectivity index (χ0n) is 27.0. The van der Waals surface area contributed by atoms with Gasteiger partial charge in [0.1, 0.15) is 28.0 Å². The van der Waals surface area contributed by atoms with Crippen LogP contribution in [0.3, 0.4) is 0 Å². The molecule has 48 heavy (non-hydrogen) atoms. The summed E-state index contributed by atoms with van der Waals surface area (Å²) in [5.41, 5.74) is 11.1. The number of hydrogen-bond donors (Lipinski definition) is 0. The first-order valence-electron chi connectivity index (χ1n) is 16.3. The molecule has 8 aromatic rings. The van der Waals surface area contributed by atoms with Crippen LogP contribution in [0.5, 0.6) is 0 Å². The van der Waals surface area contributed by atoms with Crippen molar-refractivity contribution in [1.82, 2.24) is 0 Å². The summed E-state index contributed by atoms with van der Waals surface area (Å²) in [6, 6.07) is 42.6. The second-order valence-electron chi connectivity index (χ2n) is 12.4. The van der Waals surface area contributed by atoms with Crippen LogP contribution < -0.4 is 15.5 Å². The van der Waals surface area contributed by atoms with Crippen molar-refractivity contribution in [2.75, 3.05) is 11.9 Å². The van der Waals surface area contributed by atoms with E-state index in [9.17, 15) is 0 Å². The zero-order valence-corrected chi connectivity index (χ0v) is 27.0. The van der Waals surface area contributed by atoms with Crippen molar-refractivity contribution in [2.45, 2.75) is 13.8 Å². The van der Waals surface area contributed by atoms with Crippen LogP contribution in [0.2, 0.25) is 0 Å². The highest BCUT2D eigenvalue weighted by Gasteiger charge is 2.25. The molecule has 0 radical (unpaired) electrons. The molecule has 0 saturated heterocycles. The number of hydrogen-bond acceptors (Lipinski definition) is 4. The monoisotopic (exact) mass is 620 g/mol. The minimum Gasteiger partial charge on any atom is -0.456 e. The van der Waals surface area contributed by atoms with Gasteiger partial charge in [0.15, 0.2) is 0 Å². The normalized spacial score (nSPS) is 14.9. The fourth-order valence-electron chi connectivity index (χ4n) is 7.14. The zero-order chi connectivity index (χ0) is 32.4. The maximum absolute atomic E-state index is 6.59. The highest BCUT2D eigenvalue weighted by molar-refractivity contribution is 6.24. The smallest absolute Gasteiger partial charge is 0.145 e. The molecule has 1 aliphatic rings. The lowest BCUT2D eigenvalue weighted by Crippen LogP contribution is -2.33. The van der Waals surface area contributed by atoms with Crippen LogP contribution in [0.25, 0.3) is 66.7 Å². The van der Waals surface area contributed by atoms with Crippen LogP contribution in [-0.2, 0) is 0 Å². The van der Waals surface area contributed by atoms with E-state index in [4.69, 9.17) is 13.8 Å². The number of furan rings is 2. The summed E-state index contributed by atoms with van der Waals surface area (Å²) in [5.74, 6) is 0.844. The third-order valence-corrected chi connectivity index (χ3v) is 9.54. The van der Waals surface area contributed by atoms with Gasteiger partial charge in [-0.1, -0.05) is 97.1 Å². The maximum atomic E-state index is 6.59. The van der Waals surface area contributed by atoms with Crippen LogP contribution in [0, 0.1) is 6.92 Å².